The van der Waals surface area contributed by atoms with Crippen LogP contribution in [0.3, 0.4) is 0 Å². The molecule has 0 aromatic heterocycles. The van der Waals surface area contributed by atoms with Gasteiger partial charge in [-0.05, 0) is 60.7 Å². The molecule has 1 aliphatic heterocycles. The van der Waals surface area contributed by atoms with Crippen LogP contribution in [0.1, 0.15) is 55.1 Å². The minimum atomic E-state index is -3.52. The molecule has 1 aliphatic rings. The van der Waals surface area contributed by atoms with Crippen molar-refractivity contribution in [3.63, 3.8) is 0 Å². The molecule has 2 aromatic rings. The quantitative estimate of drug-likeness (QED) is 0.767. The van der Waals surface area contributed by atoms with Crippen LogP contribution in [0.15, 0.2) is 53.4 Å². The molecule has 7 heteroatoms. The van der Waals surface area contributed by atoms with Gasteiger partial charge in [-0.1, -0.05) is 32.4 Å². The summed E-state index contributed by atoms with van der Waals surface area (Å²) in [5.41, 5.74) is 1.20. The van der Waals surface area contributed by atoms with E-state index in [1.165, 1.54) is 40.7 Å². The van der Waals surface area contributed by atoms with Gasteiger partial charge in [-0.2, -0.15) is 4.31 Å². The molecular formula is C22H27FN2O3S. The molecule has 1 fully saturated rings. The van der Waals surface area contributed by atoms with Gasteiger partial charge in [-0.3, -0.25) is 4.79 Å². The van der Waals surface area contributed by atoms with Gasteiger partial charge in [0.1, 0.15) is 5.82 Å². The van der Waals surface area contributed by atoms with E-state index >= 15 is 0 Å². The average molecular weight is 419 g/mol. The first kappa shape index (κ1) is 21.5. The Balaban J connectivity index is 1.74. The molecule has 1 heterocycles. The standard InChI is InChI=1S/C22H27FN2O3S/c1-16(2)21(17-6-10-19(23)11-7-17)24-22(26)18-8-12-20(13-9-18)29(27,28)25-14-4-3-5-15-25/h6-13,16,21H,3-5,14-15H2,1-2H3,(H,24,26)/t21-/m0/s1. The first-order chi connectivity index (χ1) is 13.8. The topological polar surface area (TPSA) is 66.5 Å². The van der Waals surface area contributed by atoms with Crippen LogP contribution in [-0.4, -0.2) is 31.7 Å². The minimum absolute atomic E-state index is 0.100. The van der Waals surface area contributed by atoms with E-state index in [0.717, 1.165) is 24.8 Å². The van der Waals surface area contributed by atoms with Crippen LogP contribution in [-0.2, 0) is 10.0 Å². The Morgan fingerprint density at radius 3 is 2.10 bits per heavy atom. The van der Waals surface area contributed by atoms with E-state index in [2.05, 4.69) is 5.32 Å². The number of piperidine rings is 1. The summed E-state index contributed by atoms with van der Waals surface area (Å²) in [6, 6.07) is 11.8. The number of halogens is 1. The summed E-state index contributed by atoms with van der Waals surface area (Å²) in [7, 11) is -3.52. The molecule has 156 valence electrons. The van der Waals surface area contributed by atoms with Crippen molar-refractivity contribution in [2.75, 3.05) is 13.1 Å². The average Bonchev–Trinajstić information content (AvgIpc) is 2.73. The van der Waals surface area contributed by atoms with E-state index in [0.29, 0.717) is 18.7 Å². The predicted molar refractivity (Wildman–Crippen MR) is 110 cm³/mol. The summed E-state index contributed by atoms with van der Waals surface area (Å²) in [5.74, 6) is -0.522. The Morgan fingerprint density at radius 2 is 1.55 bits per heavy atom. The largest absolute Gasteiger partial charge is 0.345 e. The Bertz CT molecular complexity index is 935. The zero-order valence-electron chi connectivity index (χ0n) is 16.8. The third-order valence-corrected chi connectivity index (χ3v) is 7.16. The first-order valence-corrected chi connectivity index (χ1v) is 11.4. The molecule has 0 aliphatic carbocycles. The maximum atomic E-state index is 13.2. The maximum Gasteiger partial charge on any atom is 0.251 e. The highest BCUT2D eigenvalue weighted by atomic mass is 32.2. The van der Waals surface area contributed by atoms with Crippen molar-refractivity contribution >= 4 is 15.9 Å². The number of carbonyl (C=O) groups is 1. The van der Waals surface area contributed by atoms with Gasteiger partial charge in [-0.25, -0.2) is 12.8 Å². The van der Waals surface area contributed by atoms with Crippen LogP contribution in [0.5, 0.6) is 0 Å². The van der Waals surface area contributed by atoms with Crippen LogP contribution in [0.2, 0.25) is 0 Å². The van der Waals surface area contributed by atoms with E-state index in [-0.39, 0.29) is 28.6 Å². The second-order valence-corrected chi connectivity index (χ2v) is 9.67. The number of hydrogen-bond acceptors (Lipinski definition) is 3. The lowest BCUT2D eigenvalue weighted by Crippen LogP contribution is -2.35. The fourth-order valence-corrected chi connectivity index (χ4v) is 5.08. The highest BCUT2D eigenvalue weighted by Gasteiger charge is 2.26. The fraction of sp³-hybridized carbons (Fsp3) is 0.409. The van der Waals surface area contributed by atoms with Gasteiger partial charge in [0.25, 0.3) is 5.91 Å². The maximum absolute atomic E-state index is 13.2. The molecule has 0 saturated carbocycles. The Morgan fingerprint density at radius 1 is 0.966 bits per heavy atom. The molecule has 1 saturated heterocycles. The van der Waals surface area contributed by atoms with Crippen LogP contribution in [0.4, 0.5) is 4.39 Å². The number of carbonyl (C=O) groups excluding carboxylic acids is 1. The summed E-state index contributed by atoms with van der Waals surface area (Å²) in [4.78, 5) is 12.9. The van der Waals surface area contributed by atoms with E-state index in [4.69, 9.17) is 0 Å². The second kappa shape index (κ2) is 9.05. The van der Waals surface area contributed by atoms with E-state index in [1.54, 1.807) is 12.1 Å². The highest BCUT2D eigenvalue weighted by Crippen LogP contribution is 2.24. The SMILES string of the molecule is CC(C)[C@H](NC(=O)c1ccc(S(=O)(=O)N2CCCCC2)cc1)c1ccc(F)cc1. The lowest BCUT2D eigenvalue weighted by atomic mass is 9.95. The molecule has 29 heavy (non-hydrogen) atoms. The monoisotopic (exact) mass is 418 g/mol. The normalized spacial score (nSPS) is 16.6. The number of sulfonamides is 1. The molecule has 0 spiro atoms. The van der Waals surface area contributed by atoms with Crippen LogP contribution in [0.25, 0.3) is 0 Å². The molecule has 2 aromatic carbocycles. The van der Waals surface area contributed by atoms with Gasteiger partial charge < -0.3 is 5.32 Å². The summed E-state index contributed by atoms with van der Waals surface area (Å²) >= 11 is 0. The minimum Gasteiger partial charge on any atom is -0.345 e. The number of nitrogens with one attached hydrogen (secondary N) is 1. The van der Waals surface area contributed by atoms with Gasteiger partial charge in [-0.15, -0.1) is 0 Å². The molecule has 1 amide bonds. The zero-order valence-corrected chi connectivity index (χ0v) is 17.6. The molecule has 1 N–H and O–H groups in total. The molecule has 5 nitrogen and oxygen atoms in total. The molecular weight excluding hydrogens is 391 g/mol. The van der Waals surface area contributed by atoms with Crippen molar-refractivity contribution in [1.82, 2.24) is 9.62 Å². The molecule has 0 unspecified atom stereocenters. The Labute approximate surface area is 172 Å². The van der Waals surface area contributed by atoms with Crippen molar-refractivity contribution in [2.24, 2.45) is 5.92 Å². The van der Waals surface area contributed by atoms with Gasteiger partial charge >= 0.3 is 0 Å². The van der Waals surface area contributed by atoms with Crippen molar-refractivity contribution in [2.45, 2.75) is 44.0 Å². The van der Waals surface area contributed by atoms with Crippen LogP contribution in [0, 0.1) is 11.7 Å². The summed E-state index contributed by atoms with van der Waals surface area (Å²) < 4.78 is 40.2. The Hall–Kier alpha value is -2.25. The van der Waals surface area contributed by atoms with E-state index in [1.807, 2.05) is 13.8 Å². The summed E-state index contributed by atoms with van der Waals surface area (Å²) in [5, 5.41) is 2.97. The van der Waals surface area contributed by atoms with Crippen molar-refractivity contribution in [3.05, 3.63) is 65.5 Å². The van der Waals surface area contributed by atoms with Crippen molar-refractivity contribution in [3.8, 4) is 0 Å². The highest BCUT2D eigenvalue weighted by molar-refractivity contribution is 7.89. The van der Waals surface area contributed by atoms with Gasteiger partial charge in [0, 0.05) is 18.7 Å². The number of hydrogen-bond donors (Lipinski definition) is 1. The lowest BCUT2D eigenvalue weighted by molar-refractivity contribution is 0.0925. The Kier molecular flexibility index (Phi) is 6.70. The number of benzene rings is 2. The van der Waals surface area contributed by atoms with Crippen molar-refractivity contribution in [1.29, 1.82) is 0 Å². The zero-order chi connectivity index (χ0) is 21.0. The summed E-state index contributed by atoms with van der Waals surface area (Å²) in [6.45, 7) is 5.03. The summed E-state index contributed by atoms with van der Waals surface area (Å²) in [6.07, 6.45) is 2.80. The van der Waals surface area contributed by atoms with Gasteiger partial charge in [0.05, 0.1) is 10.9 Å². The van der Waals surface area contributed by atoms with Crippen molar-refractivity contribution < 1.29 is 17.6 Å². The third kappa shape index (κ3) is 5.03. The smallest absolute Gasteiger partial charge is 0.251 e. The molecule has 1 atom stereocenters. The van der Waals surface area contributed by atoms with Crippen LogP contribution < -0.4 is 5.32 Å². The molecule has 0 radical (unpaired) electrons. The number of rotatable bonds is 6. The van der Waals surface area contributed by atoms with Crippen LogP contribution >= 0.6 is 0 Å². The van der Waals surface area contributed by atoms with E-state index in [9.17, 15) is 17.6 Å². The van der Waals surface area contributed by atoms with Gasteiger partial charge in [0.15, 0.2) is 0 Å². The molecule has 0 bridgehead atoms. The third-order valence-electron chi connectivity index (χ3n) is 5.25. The second-order valence-electron chi connectivity index (χ2n) is 7.74. The first-order valence-electron chi connectivity index (χ1n) is 9.95. The van der Waals surface area contributed by atoms with E-state index < -0.39 is 10.0 Å². The number of amides is 1. The lowest BCUT2D eigenvalue weighted by Gasteiger charge is -2.26. The molecule has 3 rings (SSSR count). The predicted octanol–water partition coefficient (Wildman–Crippen LogP) is 4.13. The van der Waals surface area contributed by atoms with Gasteiger partial charge in [0.2, 0.25) is 10.0 Å². The number of nitrogens with zero attached hydrogens (tertiary/aromatic N) is 1. The fourth-order valence-electron chi connectivity index (χ4n) is 3.56.